The third kappa shape index (κ3) is 7.94. The number of unbranched alkanes of at least 4 members (excludes halogenated alkanes) is 5. The van der Waals surface area contributed by atoms with Crippen LogP contribution in [0.3, 0.4) is 0 Å². The van der Waals surface area contributed by atoms with Crippen LogP contribution in [0.15, 0.2) is 12.7 Å². The number of hydrogen-bond donors (Lipinski definition) is 1. The van der Waals surface area contributed by atoms with E-state index in [1.54, 1.807) is 0 Å². The summed E-state index contributed by atoms with van der Waals surface area (Å²) in [4.78, 5) is 12.2. The van der Waals surface area contributed by atoms with Gasteiger partial charge in [-0.2, -0.15) is 0 Å². The van der Waals surface area contributed by atoms with Crippen molar-refractivity contribution in [1.82, 2.24) is 0 Å². The first-order valence-corrected chi connectivity index (χ1v) is 10.6. The lowest BCUT2D eigenvalue weighted by atomic mass is 9.68. The summed E-state index contributed by atoms with van der Waals surface area (Å²) >= 11 is 0. The van der Waals surface area contributed by atoms with E-state index < -0.39 is 11.1 Å². The Labute approximate surface area is 156 Å². The lowest BCUT2D eigenvalue weighted by Gasteiger charge is -2.48. The highest BCUT2D eigenvalue weighted by Crippen LogP contribution is 2.41. The lowest BCUT2D eigenvalue weighted by Crippen LogP contribution is -2.62. The predicted molar refractivity (Wildman–Crippen MR) is 109 cm³/mol. The maximum absolute atomic E-state index is 12.2. The summed E-state index contributed by atoms with van der Waals surface area (Å²) in [5.41, 5.74) is 6.07. The Balaban J connectivity index is 5.75. The zero-order valence-corrected chi connectivity index (χ0v) is 17.4. The van der Waals surface area contributed by atoms with Crippen molar-refractivity contribution in [3.8, 4) is 0 Å². The highest BCUT2D eigenvalue weighted by molar-refractivity contribution is 5.81. The molecule has 0 saturated carbocycles. The van der Waals surface area contributed by atoms with Crippen LogP contribution in [-0.4, -0.2) is 17.1 Å². The fourth-order valence-corrected chi connectivity index (χ4v) is 3.75. The minimum Gasteiger partial charge on any atom is -0.454 e. The molecule has 1 unspecified atom stereocenters. The molecule has 25 heavy (non-hydrogen) atoms. The molecule has 0 radical (unpaired) electrons. The molecule has 0 fully saturated rings. The van der Waals surface area contributed by atoms with E-state index in [4.69, 9.17) is 10.5 Å². The second-order valence-corrected chi connectivity index (χ2v) is 7.54. The van der Waals surface area contributed by atoms with E-state index in [2.05, 4.69) is 34.3 Å². The Morgan fingerprint density at radius 3 is 1.72 bits per heavy atom. The zero-order valence-electron chi connectivity index (χ0n) is 17.4. The van der Waals surface area contributed by atoms with Gasteiger partial charge in [-0.25, -0.2) is 4.79 Å². The number of ether oxygens (including phenoxy) is 1. The van der Waals surface area contributed by atoms with Gasteiger partial charge in [0.2, 0.25) is 0 Å². The first-order chi connectivity index (χ1) is 11.9. The smallest absolute Gasteiger partial charge is 0.330 e. The molecule has 0 spiro atoms. The quantitative estimate of drug-likeness (QED) is 0.201. The van der Waals surface area contributed by atoms with Gasteiger partial charge in [-0.3, -0.25) is 0 Å². The van der Waals surface area contributed by atoms with Gasteiger partial charge < -0.3 is 10.5 Å². The van der Waals surface area contributed by atoms with Gasteiger partial charge in [0.25, 0.3) is 0 Å². The van der Waals surface area contributed by atoms with Crippen molar-refractivity contribution in [1.29, 1.82) is 0 Å². The fraction of sp³-hybridized carbons (Fsp3) is 0.864. The van der Waals surface area contributed by atoms with Crippen LogP contribution in [0.4, 0.5) is 0 Å². The molecule has 3 nitrogen and oxygen atoms in total. The molecule has 0 aromatic rings. The van der Waals surface area contributed by atoms with Crippen molar-refractivity contribution in [2.24, 2.45) is 5.73 Å². The molecule has 0 aliphatic carbocycles. The molecule has 0 aliphatic rings. The van der Waals surface area contributed by atoms with Gasteiger partial charge in [-0.15, -0.1) is 0 Å². The maximum atomic E-state index is 12.2. The molecule has 3 heteroatoms. The van der Waals surface area contributed by atoms with Gasteiger partial charge in [-0.05, 0) is 38.5 Å². The summed E-state index contributed by atoms with van der Waals surface area (Å²) in [5, 5.41) is 0. The first kappa shape index (κ1) is 24.2. The van der Waals surface area contributed by atoms with Crippen molar-refractivity contribution in [2.45, 2.75) is 122 Å². The second-order valence-electron chi connectivity index (χ2n) is 7.54. The van der Waals surface area contributed by atoms with E-state index in [-0.39, 0.29) is 5.97 Å². The van der Waals surface area contributed by atoms with Gasteiger partial charge in [0, 0.05) is 6.08 Å². The summed E-state index contributed by atoms with van der Waals surface area (Å²) in [6, 6.07) is 0. The topological polar surface area (TPSA) is 52.3 Å². The van der Waals surface area contributed by atoms with Crippen molar-refractivity contribution >= 4 is 5.97 Å². The number of carbonyl (C=O) groups excluding carboxylic acids is 1. The molecule has 0 aromatic carbocycles. The Bertz CT molecular complexity index is 359. The van der Waals surface area contributed by atoms with Crippen LogP contribution < -0.4 is 5.73 Å². The van der Waals surface area contributed by atoms with Crippen LogP contribution in [0.2, 0.25) is 0 Å². The first-order valence-electron chi connectivity index (χ1n) is 10.6. The van der Waals surface area contributed by atoms with Gasteiger partial charge in [0.15, 0.2) is 0 Å². The molecular formula is C22H43NO2. The Morgan fingerprint density at radius 2 is 1.28 bits per heavy atom. The third-order valence-corrected chi connectivity index (χ3v) is 5.44. The van der Waals surface area contributed by atoms with Gasteiger partial charge in [0.1, 0.15) is 5.60 Å². The van der Waals surface area contributed by atoms with Crippen LogP contribution in [-0.2, 0) is 9.53 Å². The molecule has 2 N–H and O–H groups in total. The average Bonchev–Trinajstić information content (AvgIpc) is 2.62. The van der Waals surface area contributed by atoms with Crippen molar-refractivity contribution < 1.29 is 9.53 Å². The van der Waals surface area contributed by atoms with Crippen molar-refractivity contribution in [3.05, 3.63) is 12.7 Å². The number of carbonyl (C=O) groups is 1. The Hall–Kier alpha value is -0.830. The van der Waals surface area contributed by atoms with Crippen LogP contribution in [0.1, 0.15) is 111 Å². The van der Waals surface area contributed by atoms with Gasteiger partial charge in [0.05, 0.1) is 5.54 Å². The molecule has 148 valence electrons. The van der Waals surface area contributed by atoms with E-state index in [9.17, 15) is 4.79 Å². The fourth-order valence-electron chi connectivity index (χ4n) is 3.75. The van der Waals surface area contributed by atoms with E-state index in [1.807, 2.05) is 0 Å². The molecule has 1 atom stereocenters. The monoisotopic (exact) mass is 353 g/mol. The van der Waals surface area contributed by atoms with E-state index in [1.165, 1.54) is 18.9 Å². The third-order valence-electron chi connectivity index (χ3n) is 5.44. The predicted octanol–water partition coefficient (Wildman–Crippen LogP) is 6.30. The molecule has 0 aromatic heterocycles. The lowest BCUT2D eigenvalue weighted by molar-refractivity contribution is -0.167. The Morgan fingerprint density at radius 1 is 0.840 bits per heavy atom. The Kier molecular flexibility index (Phi) is 12.9. The largest absolute Gasteiger partial charge is 0.454 e. The molecule has 0 heterocycles. The van der Waals surface area contributed by atoms with Crippen LogP contribution in [0.25, 0.3) is 0 Å². The maximum Gasteiger partial charge on any atom is 0.330 e. The molecule has 0 amide bonds. The van der Waals surface area contributed by atoms with E-state index in [0.717, 1.165) is 70.6 Å². The van der Waals surface area contributed by atoms with Crippen LogP contribution in [0.5, 0.6) is 0 Å². The molecule has 0 rings (SSSR count). The summed E-state index contributed by atoms with van der Waals surface area (Å²) in [5.74, 6) is -0.325. The number of esters is 1. The minimum atomic E-state index is -0.562. The summed E-state index contributed by atoms with van der Waals surface area (Å²) in [6.07, 6.45) is 14.7. The number of rotatable bonds is 16. The highest BCUT2D eigenvalue weighted by Gasteiger charge is 2.49. The van der Waals surface area contributed by atoms with Crippen LogP contribution in [0, 0.1) is 0 Å². The van der Waals surface area contributed by atoms with Gasteiger partial charge in [-0.1, -0.05) is 79.2 Å². The molecule has 0 bridgehead atoms. The van der Waals surface area contributed by atoms with E-state index >= 15 is 0 Å². The SMILES string of the molecule is C=CC(=O)OC(CCCC)(CCCC)C(N)(CCCC)CCCCC. The van der Waals surface area contributed by atoms with Crippen molar-refractivity contribution in [2.75, 3.05) is 0 Å². The van der Waals surface area contributed by atoms with Crippen LogP contribution >= 0.6 is 0 Å². The number of nitrogens with two attached hydrogens (primary N) is 1. The normalized spacial score (nSPS) is 14.1. The summed E-state index contributed by atoms with van der Waals surface area (Å²) in [7, 11) is 0. The van der Waals surface area contributed by atoms with Crippen molar-refractivity contribution in [3.63, 3.8) is 0 Å². The highest BCUT2D eigenvalue weighted by atomic mass is 16.6. The average molecular weight is 354 g/mol. The molecule has 0 aliphatic heterocycles. The molecule has 0 saturated heterocycles. The molecular weight excluding hydrogens is 310 g/mol. The summed E-state index contributed by atoms with van der Waals surface area (Å²) in [6.45, 7) is 12.4. The zero-order chi connectivity index (χ0) is 19.2. The second kappa shape index (κ2) is 13.4. The van der Waals surface area contributed by atoms with E-state index in [0.29, 0.717) is 0 Å². The number of hydrogen-bond acceptors (Lipinski definition) is 3. The van der Waals surface area contributed by atoms with Gasteiger partial charge >= 0.3 is 5.97 Å². The minimum absolute atomic E-state index is 0.325. The standard InChI is InChI=1S/C22H43NO2/c1-6-11-15-17-21(23,16-12-7-2)22(18-13-8-3,19-14-9-4)25-20(24)10-5/h10H,5-9,11-19,23H2,1-4H3. The summed E-state index contributed by atoms with van der Waals surface area (Å²) < 4.78 is 6.10.